The molecule has 4 rings (SSSR count). The van der Waals surface area contributed by atoms with Gasteiger partial charge in [0.15, 0.2) is 0 Å². The predicted molar refractivity (Wildman–Crippen MR) is 93.8 cm³/mol. The lowest BCUT2D eigenvalue weighted by Gasteiger charge is -2.32. The summed E-state index contributed by atoms with van der Waals surface area (Å²) in [5, 5.41) is 4.48. The Morgan fingerprint density at radius 2 is 1.96 bits per heavy atom. The van der Waals surface area contributed by atoms with Gasteiger partial charge in [-0.3, -0.25) is 9.47 Å². The molecule has 0 bridgehead atoms. The molecule has 2 fully saturated rings. The van der Waals surface area contributed by atoms with Crippen LogP contribution in [0.3, 0.4) is 0 Å². The molecular formula is C18H25N5O2. The maximum absolute atomic E-state index is 12.5. The summed E-state index contributed by atoms with van der Waals surface area (Å²) in [6.07, 6.45) is 4.29. The van der Waals surface area contributed by atoms with Crippen molar-refractivity contribution >= 4 is 0 Å². The Kier molecular flexibility index (Phi) is 4.33. The summed E-state index contributed by atoms with van der Waals surface area (Å²) in [7, 11) is 3.40. The van der Waals surface area contributed by atoms with E-state index in [2.05, 4.69) is 15.0 Å². The molecule has 25 heavy (non-hydrogen) atoms. The van der Waals surface area contributed by atoms with Crippen LogP contribution >= 0.6 is 0 Å². The van der Waals surface area contributed by atoms with Crippen molar-refractivity contribution in [2.24, 2.45) is 7.05 Å². The Balaban J connectivity index is 1.43. The van der Waals surface area contributed by atoms with Crippen LogP contribution in [0.25, 0.3) is 0 Å². The molecule has 0 amide bonds. The lowest BCUT2D eigenvalue weighted by atomic mass is 10.0. The largest absolute Gasteiger partial charge is 0.481 e. The summed E-state index contributed by atoms with van der Waals surface area (Å²) in [4.78, 5) is 19.4. The molecule has 1 saturated heterocycles. The summed E-state index contributed by atoms with van der Waals surface area (Å²) in [5.74, 6) is 2.15. The number of pyridine rings is 1. The molecule has 134 valence electrons. The van der Waals surface area contributed by atoms with Gasteiger partial charge in [-0.05, 0) is 31.7 Å². The smallest absolute Gasteiger partial charge is 0.345 e. The van der Waals surface area contributed by atoms with Gasteiger partial charge in [-0.2, -0.15) is 5.10 Å². The van der Waals surface area contributed by atoms with E-state index >= 15 is 0 Å². The Hall–Kier alpha value is -2.15. The number of piperidine rings is 1. The van der Waals surface area contributed by atoms with Gasteiger partial charge in [0.25, 0.3) is 0 Å². The second-order valence-electron chi connectivity index (χ2n) is 7.09. The highest BCUT2D eigenvalue weighted by atomic mass is 16.5. The molecule has 7 nitrogen and oxygen atoms in total. The van der Waals surface area contributed by atoms with Gasteiger partial charge in [-0.1, -0.05) is 6.07 Å². The van der Waals surface area contributed by atoms with Gasteiger partial charge in [0.1, 0.15) is 5.82 Å². The van der Waals surface area contributed by atoms with Gasteiger partial charge < -0.3 is 4.74 Å². The Morgan fingerprint density at radius 1 is 1.20 bits per heavy atom. The van der Waals surface area contributed by atoms with E-state index in [1.165, 1.54) is 4.68 Å². The lowest BCUT2D eigenvalue weighted by molar-refractivity contribution is 0.174. The molecule has 2 aromatic heterocycles. The molecule has 0 spiro atoms. The molecule has 1 aliphatic carbocycles. The predicted octanol–water partition coefficient (Wildman–Crippen LogP) is 1.70. The van der Waals surface area contributed by atoms with Crippen LogP contribution in [0.4, 0.5) is 0 Å². The highest BCUT2D eigenvalue weighted by molar-refractivity contribution is 5.15. The standard InChI is InChI=1S/C18H25N5O2/c1-21-18(24)23(17(20-21)13-6-7-13)15-8-10-22(11-9-15)12-14-4-3-5-16(19-14)25-2/h3-5,13,15H,6-12H2,1-2H3. The maximum Gasteiger partial charge on any atom is 0.345 e. The Labute approximate surface area is 147 Å². The number of methoxy groups -OCH3 is 1. The molecule has 1 aliphatic heterocycles. The van der Waals surface area contributed by atoms with E-state index in [0.717, 1.165) is 56.8 Å². The fourth-order valence-corrected chi connectivity index (χ4v) is 3.69. The van der Waals surface area contributed by atoms with Crippen molar-refractivity contribution in [3.05, 3.63) is 40.2 Å². The number of aromatic nitrogens is 4. The first-order valence-electron chi connectivity index (χ1n) is 9.03. The van der Waals surface area contributed by atoms with Crippen LogP contribution in [-0.2, 0) is 13.6 Å². The van der Waals surface area contributed by atoms with Gasteiger partial charge >= 0.3 is 5.69 Å². The number of hydrogen-bond acceptors (Lipinski definition) is 5. The molecule has 0 unspecified atom stereocenters. The minimum Gasteiger partial charge on any atom is -0.481 e. The fraction of sp³-hybridized carbons (Fsp3) is 0.611. The summed E-state index contributed by atoms with van der Waals surface area (Å²) < 4.78 is 8.67. The fourth-order valence-electron chi connectivity index (χ4n) is 3.69. The van der Waals surface area contributed by atoms with Crippen molar-refractivity contribution < 1.29 is 4.74 Å². The van der Waals surface area contributed by atoms with E-state index in [9.17, 15) is 4.79 Å². The van der Waals surface area contributed by atoms with E-state index in [4.69, 9.17) is 4.74 Å². The maximum atomic E-state index is 12.5. The van der Waals surface area contributed by atoms with Crippen LogP contribution < -0.4 is 10.4 Å². The molecule has 1 saturated carbocycles. The summed E-state index contributed by atoms with van der Waals surface area (Å²) in [5.41, 5.74) is 1.06. The Bertz CT molecular complexity index is 800. The van der Waals surface area contributed by atoms with Crippen LogP contribution in [0.5, 0.6) is 5.88 Å². The van der Waals surface area contributed by atoms with E-state index in [0.29, 0.717) is 11.8 Å². The highest BCUT2D eigenvalue weighted by Gasteiger charge is 2.33. The monoisotopic (exact) mass is 343 g/mol. The average molecular weight is 343 g/mol. The number of aryl methyl sites for hydroxylation is 1. The number of nitrogens with zero attached hydrogens (tertiary/aromatic N) is 5. The lowest BCUT2D eigenvalue weighted by Crippen LogP contribution is -2.38. The van der Waals surface area contributed by atoms with Crippen molar-refractivity contribution in [1.29, 1.82) is 0 Å². The highest BCUT2D eigenvalue weighted by Crippen LogP contribution is 2.40. The van der Waals surface area contributed by atoms with Crippen molar-refractivity contribution in [1.82, 2.24) is 24.2 Å². The first-order valence-corrected chi connectivity index (χ1v) is 9.03. The Morgan fingerprint density at radius 3 is 2.64 bits per heavy atom. The second kappa shape index (κ2) is 6.63. The van der Waals surface area contributed by atoms with Gasteiger partial charge in [-0.25, -0.2) is 14.5 Å². The third kappa shape index (κ3) is 3.33. The summed E-state index contributed by atoms with van der Waals surface area (Å²) in [6, 6.07) is 6.15. The van der Waals surface area contributed by atoms with E-state index in [1.807, 2.05) is 22.8 Å². The van der Waals surface area contributed by atoms with Gasteiger partial charge in [0.05, 0.1) is 12.8 Å². The molecule has 2 aromatic rings. The molecule has 0 atom stereocenters. The van der Waals surface area contributed by atoms with Gasteiger partial charge in [0.2, 0.25) is 5.88 Å². The first kappa shape index (κ1) is 16.3. The van der Waals surface area contributed by atoms with Crippen molar-refractivity contribution in [2.45, 2.75) is 44.2 Å². The van der Waals surface area contributed by atoms with E-state index in [1.54, 1.807) is 14.2 Å². The minimum absolute atomic E-state index is 0.0369. The first-order chi connectivity index (χ1) is 12.2. The topological polar surface area (TPSA) is 65.2 Å². The third-order valence-corrected chi connectivity index (χ3v) is 5.22. The average Bonchev–Trinajstić information content (AvgIpc) is 3.43. The van der Waals surface area contributed by atoms with E-state index in [-0.39, 0.29) is 11.7 Å². The molecule has 7 heteroatoms. The molecule has 3 heterocycles. The number of ether oxygens (including phenoxy) is 1. The molecule has 0 aromatic carbocycles. The number of rotatable bonds is 5. The van der Waals surface area contributed by atoms with Crippen LogP contribution in [0.15, 0.2) is 23.0 Å². The summed E-state index contributed by atoms with van der Waals surface area (Å²) >= 11 is 0. The number of likely N-dealkylation sites (tertiary alicyclic amines) is 1. The van der Waals surface area contributed by atoms with E-state index < -0.39 is 0 Å². The zero-order chi connectivity index (χ0) is 17.4. The minimum atomic E-state index is 0.0369. The zero-order valence-electron chi connectivity index (χ0n) is 14.9. The SMILES string of the molecule is COc1cccc(CN2CCC(n3c(C4CC4)nn(C)c3=O)CC2)n1. The van der Waals surface area contributed by atoms with Crippen molar-refractivity contribution in [3.8, 4) is 5.88 Å². The summed E-state index contributed by atoms with van der Waals surface area (Å²) in [6.45, 7) is 2.76. The molecular weight excluding hydrogens is 318 g/mol. The van der Waals surface area contributed by atoms with Crippen LogP contribution in [0.1, 0.15) is 49.2 Å². The van der Waals surface area contributed by atoms with Crippen LogP contribution in [0.2, 0.25) is 0 Å². The van der Waals surface area contributed by atoms with Gasteiger partial charge in [0, 0.05) is 44.7 Å². The van der Waals surface area contributed by atoms with Crippen molar-refractivity contribution in [3.63, 3.8) is 0 Å². The van der Waals surface area contributed by atoms with Crippen molar-refractivity contribution in [2.75, 3.05) is 20.2 Å². The molecule has 2 aliphatic rings. The molecule has 0 N–H and O–H groups in total. The van der Waals surface area contributed by atoms with Crippen LogP contribution in [-0.4, -0.2) is 44.4 Å². The van der Waals surface area contributed by atoms with Crippen LogP contribution in [0, 0.1) is 0 Å². The number of hydrogen-bond donors (Lipinski definition) is 0. The quantitative estimate of drug-likeness (QED) is 0.827. The second-order valence-corrected chi connectivity index (χ2v) is 7.09. The normalized spacial score (nSPS) is 19.3. The molecule has 0 radical (unpaired) electrons. The third-order valence-electron chi connectivity index (χ3n) is 5.22. The zero-order valence-corrected chi connectivity index (χ0v) is 14.9. The van der Waals surface area contributed by atoms with Gasteiger partial charge in [-0.15, -0.1) is 0 Å².